The maximum atomic E-state index is 13.3. The Balaban J connectivity index is 1.61. The summed E-state index contributed by atoms with van der Waals surface area (Å²) in [6, 6.07) is 8.87. The van der Waals surface area contributed by atoms with E-state index in [1.54, 1.807) is 25.1 Å². The van der Waals surface area contributed by atoms with E-state index in [1.165, 1.54) is 23.9 Å². The summed E-state index contributed by atoms with van der Waals surface area (Å²) < 4.78 is 20.6. The van der Waals surface area contributed by atoms with Gasteiger partial charge in [-0.2, -0.15) is 4.68 Å². The van der Waals surface area contributed by atoms with Crippen LogP contribution in [0, 0.1) is 12.7 Å². The number of anilines is 1. The number of carbonyl (C=O) groups excluding carboxylic acids is 2. The summed E-state index contributed by atoms with van der Waals surface area (Å²) in [4.78, 5) is 24.4. The number of nitrogens with one attached hydrogen (secondary N) is 2. The van der Waals surface area contributed by atoms with E-state index >= 15 is 0 Å². The van der Waals surface area contributed by atoms with Gasteiger partial charge in [0.1, 0.15) is 17.3 Å². The summed E-state index contributed by atoms with van der Waals surface area (Å²) >= 11 is 3.20. The molecular weight excluding hydrogens is 459 g/mol. The number of hydrogen-bond donors (Lipinski definition) is 2. The molecule has 0 bridgehead atoms. The van der Waals surface area contributed by atoms with E-state index in [0.717, 1.165) is 6.07 Å². The third kappa shape index (κ3) is 4.98. The predicted molar refractivity (Wildman–Crippen MR) is 110 cm³/mol. The van der Waals surface area contributed by atoms with Crippen molar-refractivity contribution >= 4 is 33.4 Å². The van der Waals surface area contributed by atoms with Crippen LogP contribution >= 0.6 is 15.9 Å². The van der Waals surface area contributed by atoms with Crippen molar-refractivity contribution in [3.63, 3.8) is 0 Å². The zero-order valence-corrected chi connectivity index (χ0v) is 17.7. The van der Waals surface area contributed by atoms with Crippen molar-refractivity contribution in [1.29, 1.82) is 0 Å². The van der Waals surface area contributed by atoms with Crippen LogP contribution in [0.15, 0.2) is 40.9 Å². The topological polar surface area (TPSA) is 111 Å². The Hall–Kier alpha value is -3.34. The van der Waals surface area contributed by atoms with Crippen LogP contribution in [-0.4, -0.2) is 45.7 Å². The summed E-state index contributed by atoms with van der Waals surface area (Å²) in [6.07, 6.45) is 0.0317. The average molecular weight is 477 g/mol. The smallest absolute Gasteiger partial charge is 0.252 e. The molecule has 3 aromatic rings. The highest BCUT2D eigenvalue weighted by Crippen LogP contribution is 2.26. The lowest BCUT2D eigenvalue weighted by atomic mass is 10.2. The Morgan fingerprint density at radius 3 is 2.73 bits per heavy atom. The molecule has 2 amide bonds. The van der Waals surface area contributed by atoms with Crippen molar-refractivity contribution in [3.05, 3.63) is 58.1 Å². The standard InChI is InChI=1S/C19H18BrFN6O3/c1-11-24-25-26-27(11)16-10-13(4-6-17(16)30-2)23-18(28)7-8-22-19(29)14-9-12(21)3-5-15(14)20/h3-6,9-10H,7-8H2,1-2H3,(H,22,29)(H,23,28). The molecule has 9 nitrogen and oxygen atoms in total. The first-order valence-electron chi connectivity index (χ1n) is 8.85. The first kappa shape index (κ1) is 21.4. The summed E-state index contributed by atoms with van der Waals surface area (Å²) in [7, 11) is 1.52. The number of amides is 2. The Bertz CT molecular complexity index is 1090. The average Bonchev–Trinajstić information content (AvgIpc) is 3.15. The molecule has 0 aliphatic rings. The quantitative estimate of drug-likeness (QED) is 0.542. The third-order valence-electron chi connectivity index (χ3n) is 4.13. The summed E-state index contributed by atoms with van der Waals surface area (Å²) in [5.74, 6) is -0.207. The monoisotopic (exact) mass is 476 g/mol. The fourth-order valence-electron chi connectivity index (χ4n) is 2.67. The largest absolute Gasteiger partial charge is 0.494 e. The van der Waals surface area contributed by atoms with Gasteiger partial charge in [0.05, 0.1) is 12.7 Å². The van der Waals surface area contributed by atoms with Crippen LogP contribution in [0.5, 0.6) is 5.75 Å². The molecule has 0 radical (unpaired) electrons. The second kappa shape index (κ2) is 9.44. The van der Waals surface area contributed by atoms with Crippen LogP contribution in [0.25, 0.3) is 5.69 Å². The molecule has 0 fully saturated rings. The lowest BCUT2D eigenvalue weighted by Crippen LogP contribution is -2.28. The summed E-state index contributed by atoms with van der Waals surface area (Å²) in [5.41, 5.74) is 1.25. The molecule has 2 aromatic carbocycles. The number of hydrogen-bond acceptors (Lipinski definition) is 6. The molecular formula is C19H18BrFN6O3. The summed E-state index contributed by atoms with van der Waals surface area (Å²) in [6.45, 7) is 1.83. The van der Waals surface area contributed by atoms with Gasteiger partial charge < -0.3 is 15.4 Å². The van der Waals surface area contributed by atoms with Crippen molar-refractivity contribution in [2.24, 2.45) is 0 Å². The van der Waals surface area contributed by atoms with Gasteiger partial charge in [0, 0.05) is 23.1 Å². The van der Waals surface area contributed by atoms with Gasteiger partial charge in [-0.15, -0.1) is 5.10 Å². The highest BCUT2D eigenvalue weighted by Gasteiger charge is 2.14. The van der Waals surface area contributed by atoms with Crippen LogP contribution in [0.2, 0.25) is 0 Å². The lowest BCUT2D eigenvalue weighted by molar-refractivity contribution is -0.116. The molecule has 0 aliphatic heterocycles. The predicted octanol–water partition coefficient (Wildman–Crippen LogP) is 2.64. The normalized spacial score (nSPS) is 10.5. The second-order valence-corrected chi connectivity index (χ2v) is 7.06. The van der Waals surface area contributed by atoms with Gasteiger partial charge in [-0.3, -0.25) is 9.59 Å². The van der Waals surface area contributed by atoms with Crippen LogP contribution in [0.3, 0.4) is 0 Å². The molecule has 3 rings (SSSR count). The van der Waals surface area contributed by atoms with Gasteiger partial charge in [-0.05, 0) is 69.7 Å². The highest BCUT2D eigenvalue weighted by molar-refractivity contribution is 9.10. The first-order valence-corrected chi connectivity index (χ1v) is 9.65. The number of methoxy groups -OCH3 is 1. The van der Waals surface area contributed by atoms with Gasteiger partial charge in [0.25, 0.3) is 5.91 Å². The number of tetrazole rings is 1. The van der Waals surface area contributed by atoms with E-state index in [4.69, 9.17) is 4.74 Å². The Kier molecular flexibility index (Phi) is 6.72. The molecule has 0 spiro atoms. The van der Waals surface area contributed by atoms with Gasteiger partial charge >= 0.3 is 0 Å². The lowest BCUT2D eigenvalue weighted by Gasteiger charge is -2.12. The number of aromatic nitrogens is 4. The molecule has 1 aromatic heterocycles. The molecule has 30 heavy (non-hydrogen) atoms. The summed E-state index contributed by atoms with van der Waals surface area (Å²) in [5, 5.41) is 16.7. The minimum Gasteiger partial charge on any atom is -0.494 e. The number of halogens is 2. The zero-order valence-electron chi connectivity index (χ0n) is 16.1. The molecule has 2 N–H and O–H groups in total. The number of rotatable bonds is 7. The van der Waals surface area contributed by atoms with Crippen LogP contribution in [-0.2, 0) is 4.79 Å². The minimum absolute atomic E-state index is 0.0317. The van der Waals surface area contributed by atoms with Crippen molar-refractivity contribution in [2.75, 3.05) is 19.0 Å². The SMILES string of the molecule is COc1ccc(NC(=O)CCNC(=O)c2cc(F)ccc2Br)cc1-n1nnnc1C. The molecule has 0 atom stereocenters. The van der Waals surface area contributed by atoms with E-state index in [-0.39, 0.29) is 24.4 Å². The molecule has 0 saturated heterocycles. The van der Waals surface area contributed by atoms with Crippen LogP contribution < -0.4 is 15.4 Å². The van der Waals surface area contributed by atoms with E-state index in [2.05, 4.69) is 42.1 Å². The molecule has 0 unspecified atom stereocenters. The third-order valence-corrected chi connectivity index (χ3v) is 4.82. The maximum Gasteiger partial charge on any atom is 0.252 e. The number of carbonyl (C=O) groups is 2. The van der Waals surface area contributed by atoms with E-state index in [9.17, 15) is 14.0 Å². The number of ether oxygens (including phenoxy) is 1. The van der Waals surface area contributed by atoms with Crippen LogP contribution in [0.4, 0.5) is 10.1 Å². The molecule has 0 saturated carbocycles. The van der Waals surface area contributed by atoms with Crippen molar-refractivity contribution in [2.45, 2.75) is 13.3 Å². The Morgan fingerprint density at radius 2 is 2.03 bits per heavy atom. The fraction of sp³-hybridized carbons (Fsp3) is 0.211. The zero-order chi connectivity index (χ0) is 21.7. The molecule has 0 aliphatic carbocycles. The number of aryl methyl sites for hydroxylation is 1. The van der Waals surface area contributed by atoms with Gasteiger partial charge in [-0.1, -0.05) is 0 Å². The fourth-order valence-corrected chi connectivity index (χ4v) is 3.09. The maximum absolute atomic E-state index is 13.3. The highest BCUT2D eigenvalue weighted by atomic mass is 79.9. The minimum atomic E-state index is -0.519. The van der Waals surface area contributed by atoms with Crippen molar-refractivity contribution in [1.82, 2.24) is 25.5 Å². The number of benzene rings is 2. The van der Waals surface area contributed by atoms with Crippen molar-refractivity contribution < 1.29 is 18.7 Å². The molecule has 11 heteroatoms. The first-order chi connectivity index (χ1) is 14.4. The Morgan fingerprint density at radius 1 is 1.23 bits per heavy atom. The van der Waals surface area contributed by atoms with Gasteiger partial charge in [-0.25, -0.2) is 4.39 Å². The van der Waals surface area contributed by atoms with E-state index < -0.39 is 11.7 Å². The van der Waals surface area contributed by atoms with Crippen molar-refractivity contribution in [3.8, 4) is 11.4 Å². The van der Waals surface area contributed by atoms with E-state index in [0.29, 0.717) is 27.4 Å². The van der Waals surface area contributed by atoms with E-state index in [1.807, 2.05) is 0 Å². The van der Waals surface area contributed by atoms with Crippen LogP contribution in [0.1, 0.15) is 22.6 Å². The second-order valence-electron chi connectivity index (χ2n) is 6.20. The Labute approximate surface area is 179 Å². The van der Waals surface area contributed by atoms with Gasteiger partial charge in [0.15, 0.2) is 5.82 Å². The molecule has 156 valence electrons. The van der Waals surface area contributed by atoms with Gasteiger partial charge in [0.2, 0.25) is 5.91 Å². The molecule has 1 heterocycles. The number of nitrogens with zero attached hydrogens (tertiary/aromatic N) is 4.